The Morgan fingerprint density at radius 3 is 2.50 bits per heavy atom. The highest BCUT2D eigenvalue weighted by molar-refractivity contribution is 8.01. The molecule has 5 heteroatoms. The maximum Gasteiger partial charge on any atom is 0.233 e. The zero-order valence-electron chi connectivity index (χ0n) is 15.3. The van der Waals surface area contributed by atoms with Crippen LogP contribution in [0.1, 0.15) is 51.0 Å². The van der Waals surface area contributed by atoms with Gasteiger partial charge >= 0.3 is 0 Å². The van der Waals surface area contributed by atoms with Crippen molar-refractivity contribution < 1.29 is 14.3 Å². The van der Waals surface area contributed by atoms with Gasteiger partial charge in [-0.3, -0.25) is 4.79 Å². The molecule has 1 aliphatic heterocycles. The first-order chi connectivity index (χ1) is 12.6. The molecule has 4 nitrogen and oxygen atoms in total. The average molecular weight is 374 g/mol. The molecular weight excluding hydrogens is 346 g/mol. The van der Waals surface area contributed by atoms with Crippen molar-refractivity contribution in [3.8, 4) is 11.5 Å². The minimum Gasteiger partial charge on any atom is -0.454 e. The predicted octanol–water partition coefficient (Wildman–Crippen LogP) is 4.12. The third kappa shape index (κ3) is 3.08. The van der Waals surface area contributed by atoms with Gasteiger partial charge in [-0.2, -0.15) is 0 Å². The summed E-state index contributed by atoms with van der Waals surface area (Å²) in [5.41, 5.74) is 1.05. The van der Waals surface area contributed by atoms with Crippen molar-refractivity contribution in [1.82, 2.24) is 5.32 Å². The van der Waals surface area contributed by atoms with Crippen molar-refractivity contribution in [2.45, 2.75) is 62.0 Å². The van der Waals surface area contributed by atoms with Crippen LogP contribution in [0.3, 0.4) is 0 Å². The first-order valence-corrected chi connectivity index (χ1v) is 10.8. The van der Waals surface area contributed by atoms with E-state index >= 15 is 0 Å². The van der Waals surface area contributed by atoms with Gasteiger partial charge in [0.2, 0.25) is 12.7 Å². The van der Waals surface area contributed by atoms with Crippen molar-refractivity contribution in [1.29, 1.82) is 0 Å². The third-order valence-electron chi connectivity index (χ3n) is 6.68. The summed E-state index contributed by atoms with van der Waals surface area (Å²) < 4.78 is 11.1. The molecule has 1 atom stereocenters. The Kier molecular flexibility index (Phi) is 4.11. The molecule has 1 aromatic carbocycles. The van der Waals surface area contributed by atoms with E-state index in [1.54, 1.807) is 0 Å². The van der Waals surface area contributed by atoms with Crippen LogP contribution < -0.4 is 14.8 Å². The molecule has 4 fully saturated rings. The van der Waals surface area contributed by atoms with Crippen molar-refractivity contribution >= 4 is 17.7 Å². The van der Waals surface area contributed by atoms with Crippen LogP contribution >= 0.6 is 11.8 Å². The molecule has 4 saturated carbocycles. The van der Waals surface area contributed by atoms with Crippen LogP contribution in [0.5, 0.6) is 11.5 Å². The Bertz CT molecular complexity index is 684. The Hall–Kier alpha value is -1.36. The number of ether oxygens (including phenoxy) is 2. The lowest BCUT2D eigenvalue weighted by Crippen LogP contribution is -2.50. The minimum absolute atomic E-state index is 0.0141. The highest BCUT2D eigenvalue weighted by atomic mass is 32.2. The lowest BCUT2D eigenvalue weighted by Gasteiger charge is -2.57. The molecule has 0 aromatic heterocycles. The van der Waals surface area contributed by atoms with Gasteiger partial charge in [0.25, 0.3) is 0 Å². The number of benzene rings is 1. The first-order valence-electron chi connectivity index (χ1n) is 9.93. The molecule has 0 saturated heterocycles. The fourth-order valence-electron chi connectivity index (χ4n) is 5.99. The second kappa shape index (κ2) is 6.36. The maximum absolute atomic E-state index is 12.7. The summed E-state index contributed by atoms with van der Waals surface area (Å²) in [4.78, 5) is 12.7. The first kappa shape index (κ1) is 16.8. The van der Waals surface area contributed by atoms with Gasteiger partial charge in [-0.25, -0.2) is 0 Å². The van der Waals surface area contributed by atoms with E-state index in [1.165, 1.54) is 38.5 Å². The maximum atomic E-state index is 12.7. The SMILES string of the molecule is C[C@H](SC12CC3CC(CC(C3)C1)C2)C(=O)NCc1ccc2c(c1)OCO2. The van der Waals surface area contributed by atoms with Gasteiger partial charge < -0.3 is 14.8 Å². The largest absolute Gasteiger partial charge is 0.454 e. The standard InChI is InChI=1S/C21H27NO3S/c1-13(26-21-8-15-4-16(9-21)6-17(5-15)10-21)20(23)22-11-14-2-3-18-19(7-14)25-12-24-18/h2-3,7,13,15-17H,4-6,8-12H2,1H3,(H,22,23)/t13-,15?,16?,17?,21?/m0/s1. The van der Waals surface area contributed by atoms with Gasteiger partial charge in [0.05, 0.1) is 5.25 Å². The third-order valence-corrected chi connectivity index (χ3v) is 8.25. The summed E-state index contributed by atoms with van der Waals surface area (Å²) in [5, 5.41) is 3.13. The summed E-state index contributed by atoms with van der Waals surface area (Å²) in [6, 6.07) is 5.86. The van der Waals surface area contributed by atoms with Crippen LogP contribution in [0.15, 0.2) is 18.2 Å². The van der Waals surface area contributed by atoms with Crippen molar-refractivity contribution in [2.24, 2.45) is 17.8 Å². The Balaban J connectivity index is 1.18. The number of carbonyl (C=O) groups excluding carboxylic acids is 1. The smallest absolute Gasteiger partial charge is 0.233 e. The molecule has 4 bridgehead atoms. The van der Waals surface area contributed by atoms with Gasteiger partial charge in [-0.1, -0.05) is 6.07 Å². The van der Waals surface area contributed by atoms with E-state index in [2.05, 4.69) is 12.2 Å². The summed E-state index contributed by atoms with van der Waals surface area (Å²) in [6.45, 7) is 2.91. The number of nitrogens with one attached hydrogen (secondary N) is 1. The van der Waals surface area contributed by atoms with E-state index in [0.29, 0.717) is 11.3 Å². The molecule has 5 aliphatic rings. The van der Waals surface area contributed by atoms with Crippen LogP contribution in [-0.4, -0.2) is 22.7 Å². The van der Waals surface area contributed by atoms with E-state index in [0.717, 1.165) is 34.8 Å². The molecule has 1 N–H and O–H groups in total. The zero-order valence-corrected chi connectivity index (χ0v) is 16.1. The number of rotatable bonds is 5. The fraction of sp³-hybridized carbons (Fsp3) is 0.667. The molecule has 1 aromatic rings. The molecule has 4 aliphatic carbocycles. The summed E-state index contributed by atoms with van der Waals surface area (Å²) in [7, 11) is 0. The number of thioether (sulfide) groups is 1. The Labute approximate surface area is 159 Å². The number of amides is 1. The minimum atomic E-state index is 0.0141. The molecular formula is C21H27NO3S. The Morgan fingerprint density at radius 1 is 1.15 bits per heavy atom. The molecule has 0 unspecified atom stereocenters. The van der Waals surface area contributed by atoms with Crippen LogP contribution in [0, 0.1) is 17.8 Å². The van der Waals surface area contributed by atoms with Crippen molar-refractivity contribution in [2.75, 3.05) is 6.79 Å². The molecule has 0 radical (unpaired) electrons. The number of fused-ring (bicyclic) bond motifs is 1. The topological polar surface area (TPSA) is 47.6 Å². The summed E-state index contributed by atoms with van der Waals surface area (Å²) in [6.07, 6.45) is 8.36. The van der Waals surface area contributed by atoms with E-state index in [4.69, 9.17) is 9.47 Å². The van der Waals surface area contributed by atoms with E-state index in [-0.39, 0.29) is 18.0 Å². The van der Waals surface area contributed by atoms with E-state index < -0.39 is 0 Å². The summed E-state index contributed by atoms with van der Waals surface area (Å²) in [5.74, 6) is 4.50. The lowest BCUT2D eigenvalue weighted by molar-refractivity contribution is -0.120. The molecule has 1 amide bonds. The fourth-order valence-corrected chi connectivity index (χ4v) is 7.92. The highest BCUT2D eigenvalue weighted by Gasteiger charge is 2.52. The van der Waals surface area contributed by atoms with Crippen LogP contribution in [0.25, 0.3) is 0 Å². The number of hydrogen-bond acceptors (Lipinski definition) is 4. The molecule has 6 rings (SSSR count). The van der Waals surface area contributed by atoms with Crippen LogP contribution in [-0.2, 0) is 11.3 Å². The molecule has 140 valence electrons. The van der Waals surface area contributed by atoms with E-state index in [9.17, 15) is 4.79 Å². The normalized spacial score (nSPS) is 34.7. The quantitative estimate of drug-likeness (QED) is 0.843. The second-order valence-corrected chi connectivity index (χ2v) is 10.6. The molecule has 1 heterocycles. The highest BCUT2D eigenvalue weighted by Crippen LogP contribution is 2.61. The van der Waals surface area contributed by atoms with Crippen LogP contribution in [0.4, 0.5) is 0 Å². The lowest BCUT2D eigenvalue weighted by atomic mass is 9.56. The average Bonchev–Trinajstić information content (AvgIpc) is 3.05. The summed E-state index contributed by atoms with van der Waals surface area (Å²) >= 11 is 1.96. The van der Waals surface area contributed by atoms with Gasteiger partial charge in [0, 0.05) is 11.3 Å². The van der Waals surface area contributed by atoms with Gasteiger partial charge in [0.15, 0.2) is 11.5 Å². The van der Waals surface area contributed by atoms with Crippen molar-refractivity contribution in [3.63, 3.8) is 0 Å². The Morgan fingerprint density at radius 2 is 1.81 bits per heavy atom. The second-order valence-electron chi connectivity index (χ2n) is 8.77. The van der Waals surface area contributed by atoms with E-state index in [1.807, 2.05) is 30.0 Å². The molecule has 0 spiro atoms. The monoisotopic (exact) mass is 373 g/mol. The van der Waals surface area contributed by atoms with Crippen LogP contribution in [0.2, 0.25) is 0 Å². The number of hydrogen-bond donors (Lipinski definition) is 1. The number of carbonyl (C=O) groups is 1. The molecule has 26 heavy (non-hydrogen) atoms. The zero-order chi connectivity index (χ0) is 17.7. The van der Waals surface area contributed by atoms with Gasteiger partial charge in [-0.05, 0) is 80.9 Å². The van der Waals surface area contributed by atoms with Gasteiger partial charge in [0.1, 0.15) is 0 Å². The predicted molar refractivity (Wildman–Crippen MR) is 102 cm³/mol. The van der Waals surface area contributed by atoms with Crippen molar-refractivity contribution in [3.05, 3.63) is 23.8 Å². The van der Waals surface area contributed by atoms with Gasteiger partial charge in [-0.15, -0.1) is 11.8 Å².